The molecule has 25 heavy (non-hydrogen) atoms. The summed E-state index contributed by atoms with van der Waals surface area (Å²) in [6.07, 6.45) is 10.3. The molecule has 0 radical (unpaired) electrons. The number of carbonyl (C=O) groups excluding carboxylic acids is 1. The zero-order chi connectivity index (χ0) is 17.8. The van der Waals surface area contributed by atoms with E-state index in [9.17, 15) is 9.90 Å². The van der Waals surface area contributed by atoms with Crippen LogP contribution in [0.15, 0.2) is 0 Å². The average molecular weight is 349 g/mol. The van der Waals surface area contributed by atoms with E-state index < -0.39 is 0 Å². The van der Waals surface area contributed by atoms with Crippen LogP contribution in [0.4, 0.5) is 0 Å². The van der Waals surface area contributed by atoms with E-state index >= 15 is 0 Å². The second-order valence-corrected chi connectivity index (χ2v) is 10.0. The van der Waals surface area contributed by atoms with Crippen LogP contribution in [0.25, 0.3) is 0 Å². The van der Waals surface area contributed by atoms with Crippen molar-refractivity contribution in [2.75, 3.05) is 13.7 Å². The van der Waals surface area contributed by atoms with Gasteiger partial charge in [0.15, 0.2) is 0 Å². The van der Waals surface area contributed by atoms with E-state index in [-0.39, 0.29) is 16.9 Å². The van der Waals surface area contributed by atoms with Gasteiger partial charge in [0.1, 0.15) is 5.78 Å². The van der Waals surface area contributed by atoms with Gasteiger partial charge < -0.3 is 9.84 Å². The summed E-state index contributed by atoms with van der Waals surface area (Å²) in [6, 6.07) is 0. The lowest BCUT2D eigenvalue weighted by Crippen LogP contribution is -2.57. The Bertz CT molecular complexity index is 531. The average Bonchev–Trinajstić information content (AvgIpc) is 2.93. The molecule has 142 valence electrons. The standard InChI is InChI=1S/C22H36O3/c1-14(23)18-6-7-19-17-5-4-15-12-16(24)8-11-22(15,13-25-3)20(17)9-10-21(18,19)2/h15-20,24H,4-13H2,1-3H3/t15-,16+,17-,18+,19-,20-,21+,22+/m0/s1. The molecule has 1 N–H and O–H groups in total. The fraction of sp³-hybridized carbons (Fsp3) is 0.955. The number of methoxy groups -OCH3 is 1. The minimum atomic E-state index is -0.103. The highest BCUT2D eigenvalue weighted by atomic mass is 16.5. The fourth-order valence-corrected chi connectivity index (χ4v) is 8.24. The minimum absolute atomic E-state index is 0.103. The van der Waals surface area contributed by atoms with Gasteiger partial charge in [-0.05, 0) is 99.2 Å². The summed E-state index contributed by atoms with van der Waals surface area (Å²) < 4.78 is 5.79. The lowest BCUT2D eigenvalue weighted by atomic mass is 9.44. The molecule has 0 bridgehead atoms. The summed E-state index contributed by atoms with van der Waals surface area (Å²) in [6.45, 7) is 5.11. The van der Waals surface area contributed by atoms with Crippen LogP contribution in [0.1, 0.15) is 71.6 Å². The van der Waals surface area contributed by atoms with E-state index in [2.05, 4.69) is 6.92 Å². The van der Waals surface area contributed by atoms with Gasteiger partial charge in [-0.2, -0.15) is 0 Å². The smallest absolute Gasteiger partial charge is 0.133 e. The monoisotopic (exact) mass is 348 g/mol. The number of carbonyl (C=O) groups is 1. The lowest BCUT2D eigenvalue weighted by Gasteiger charge is -2.61. The van der Waals surface area contributed by atoms with Gasteiger partial charge in [0.05, 0.1) is 12.7 Å². The van der Waals surface area contributed by atoms with Gasteiger partial charge in [-0.1, -0.05) is 6.92 Å². The molecule has 0 saturated heterocycles. The predicted molar refractivity (Wildman–Crippen MR) is 98.1 cm³/mol. The van der Waals surface area contributed by atoms with Gasteiger partial charge in [0, 0.05) is 13.0 Å². The molecule has 4 saturated carbocycles. The summed E-state index contributed by atoms with van der Waals surface area (Å²) >= 11 is 0. The molecule has 0 aliphatic heterocycles. The molecular weight excluding hydrogens is 312 g/mol. The van der Waals surface area contributed by atoms with E-state index in [1.165, 1.54) is 32.1 Å². The Hall–Kier alpha value is -0.410. The molecule has 4 fully saturated rings. The van der Waals surface area contributed by atoms with Crippen LogP contribution in [0, 0.1) is 40.4 Å². The second kappa shape index (κ2) is 6.34. The number of aliphatic hydroxyl groups is 1. The molecule has 4 aliphatic rings. The highest BCUT2D eigenvalue weighted by molar-refractivity contribution is 5.79. The Kier molecular flexibility index (Phi) is 4.56. The number of Topliss-reactive ketones (excluding diaryl/α,β-unsaturated/α-hetero) is 1. The highest BCUT2D eigenvalue weighted by Gasteiger charge is 2.62. The Morgan fingerprint density at radius 2 is 1.88 bits per heavy atom. The van der Waals surface area contributed by atoms with Gasteiger partial charge >= 0.3 is 0 Å². The molecule has 0 aromatic heterocycles. The first-order valence-corrected chi connectivity index (χ1v) is 10.6. The van der Waals surface area contributed by atoms with Crippen LogP contribution in [-0.2, 0) is 9.53 Å². The third-order valence-corrected chi connectivity index (χ3v) is 9.24. The highest BCUT2D eigenvalue weighted by Crippen LogP contribution is 2.67. The Morgan fingerprint density at radius 3 is 2.60 bits per heavy atom. The molecule has 0 amide bonds. The van der Waals surface area contributed by atoms with E-state index in [0.717, 1.165) is 50.0 Å². The number of rotatable bonds is 3. The lowest BCUT2D eigenvalue weighted by molar-refractivity contribution is -0.160. The van der Waals surface area contributed by atoms with Crippen LogP contribution in [0.3, 0.4) is 0 Å². The zero-order valence-corrected chi connectivity index (χ0v) is 16.3. The third-order valence-electron chi connectivity index (χ3n) is 9.24. The van der Waals surface area contributed by atoms with Crippen LogP contribution < -0.4 is 0 Å². The van der Waals surface area contributed by atoms with Crippen molar-refractivity contribution in [1.29, 1.82) is 0 Å². The van der Waals surface area contributed by atoms with Gasteiger partial charge in [-0.3, -0.25) is 4.79 Å². The molecule has 0 spiro atoms. The maximum absolute atomic E-state index is 12.2. The summed E-state index contributed by atoms with van der Waals surface area (Å²) in [5.41, 5.74) is 0.523. The minimum Gasteiger partial charge on any atom is -0.393 e. The molecule has 8 atom stereocenters. The van der Waals surface area contributed by atoms with E-state index in [1.807, 2.05) is 14.0 Å². The summed E-state index contributed by atoms with van der Waals surface area (Å²) in [5.74, 6) is 3.58. The zero-order valence-electron chi connectivity index (χ0n) is 16.3. The van der Waals surface area contributed by atoms with Crippen LogP contribution in [0.2, 0.25) is 0 Å². The van der Waals surface area contributed by atoms with Crippen LogP contribution in [-0.4, -0.2) is 30.7 Å². The van der Waals surface area contributed by atoms with Crippen molar-refractivity contribution in [2.24, 2.45) is 40.4 Å². The number of hydrogen-bond acceptors (Lipinski definition) is 3. The van der Waals surface area contributed by atoms with Crippen LogP contribution in [0.5, 0.6) is 0 Å². The maximum atomic E-state index is 12.2. The number of fused-ring (bicyclic) bond motifs is 5. The number of ether oxygens (including phenoxy) is 1. The van der Waals surface area contributed by atoms with Crippen molar-refractivity contribution in [3.8, 4) is 0 Å². The van der Waals surface area contributed by atoms with Gasteiger partial charge in [0.25, 0.3) is 0 Å². The Morgan fingerprint density at radius 1 is 1.08 bits per heavy atom. The summed E-state index contributed by atoms with van der Waals surface area (Å²) in [5, 5.41) is 10.2. The molecule has 0 unspecified atom stereocenters. The van der Waals surface area contributed by atoms with Crippen molar-refractivity contribution >= 4 is 5.78 Å². The topological polar surface area (TPSA) is 46.5 Å². The van der Waals surface area contributed by atoms with Crippen molar-refractivity contribution in [1.82, 2.24) is 0 Å². The van der Waals surface area contributed by atoms with Gasteiger partial charge in [-0.15, -0.1) is 0 Å². The SMILES string of the molecule is COC[C@]12CC[C@@H](O)C[C@@H]1CC[C@H]1[C@@H]3CC[C@H](C(C)=O)[C@@]3(C)CC[C@@H]12. The number of hydrogen-bond donors (Lipinski definition) is 1. The Balaban J connectivity index is 1.64. The normalized spacial score (nSPS) is 52.2. The molecule has 0 aromatic rings. The molecule has 3 heteroatoms. The molecule has 3 nitrogen and oxygen atoms in total. The first kappa shape index (κ1) is 18.0. The third kappa shape index (κ3) is 2.56. The predicted octanol–water partition coefficient (Wildman–Crippen LogP) is 4.22. The molecular formula is C22H36O3. The maximum Gasteiger partial charge on any atom is 0.133 e. The molecule has 0 heterocycles. The van der Waals surface area contributed by atoms with Crippen molar-refractivity contribution in [2.45, 2.75) is 77.7 Å². The summed E-state index contributed by atoms with van der Waals surface area (Å²) in [7, 11) is 1.86. The summed E-state index contributed by atoms with van der Waals surface area (Å²) in [4.78, 5) is 12.2. The molecule has 4 aliphatic carbocycles. The number of ketones is 1. The second-order valence-electron chi connectivity index (χ2n) is 10.0. The van der Waals surface area contributed by atoms with E-state index in [4.69, 9.17) is 4.74 Å². The first-order valence-electron chi connectivity index (χ1n) is 10.6. The van der Waals surface area contributed by atoms with Crippen molar-refractivity contribution < 1.29 is 14.6 Å². The van der Waals surface area contributed by atoms with E-state index in [1.54, 1.807) is 0 Å². The van der Waals surface area contributed by atoms with Crippen molar-refractivity contribution in [3.05, 3.63) is 0 Å². The van der Waals surface area contributed by atoms with Crippen molar-refractivity contribution in [3.63, 3.8) is 0 Å². The van der Waals surface area contributed by atoms with Gasteiger partial charge in [0.2, 0.25) is 0 Å². The molecule has 0 aromatic carbocycles. The Labute approximate surface area is 152 Å². The first-order chi connectivity index (χ1) is 11.9. The largest absolute Gasteiger partial charge is 0.393 e. The quantitative estimate of drug-likeness (QED) is 0.830. The van der Waals surface area contributed by atoms with Crippen LogP contribution >= 0.6 is 0 Å². The van der Waals surface area contributed by atoms with E-state index in [0.29, 0.717) is 17.6 Å². The van der Waals surface area contributed by atoms with Gasteiger partial charge in [-0.25, -0.2) is 0 Å². The fourth-order valence-electron chi connectivity index (χ4n) is 8.24. The molecule has 4 rings (SSSR count). The number of aliphatic hydroxyl groups excluding tert-OH is 1.